The molecule has 0 fully saturated rings. The summed E-state index contributed by atoms with van der Waals surface area (Å²) in [6, 6.07) is 19.5. The number of rotatable bonds is 8. The molecule has 2 N–H and O–H groups in total. The Bertz CT molecular complexity index is 1240. The number of halogens is 1. The van der Waals surface area contributed by atoms with Crippen LogP contribution in [-0.2, 0) is 12.8 Å². The number of carboxylic acids is 1. The van der Waals surface area contributed by atoms with Gasteiger partial charge in [-0.15, -0.1) is 0 Å². The molecule has 4 heteroatoms. The van der Waals surface area contributed by atoms with E-state index >= 15 is 0 Å². The summed E-state index contributed by atoms with van der Waals surface area (Å²) in [5.41, 5.74) is 7.66. The molecule has 35 heavy (non-hydrogen) atoms. The minimum Gasteiger partial charge on any atom is -0.507 e. The lowest BCUT2D eigenvalue weighted by Gasteiger charge is -2.19. The maximum atomic E-state index is 11.6. The number of allylic oxidation sites excluding steroid dienone is 1. The molecule has 1 aliphatic carbocycles. The molecule has 0 aromatic heterocycles. The van der Waals surface area contributed by atoms with E-state index in [1.54, 1.807) is 18.2 Å². The molecule has 1 aliphatic rings. The van der Waals surface area contributed by atoms with Crippen molar-refractivity contribution in [3.63, 3.8) is 0 Å². The summed E-state index contributed by atoms with van der Waals surface area (Å²) in [7, 11) is 0. The van der Waals surface area contributed by atoms with E-state index in [1.807, 2.05) is 18.2 Å². The molecular formula is C31H33ClO3. The van der Waals surface area contributed by atoms with Crippen LogP contribution < -0.4 is 0 Å². The first kappa shape index (κ1) is 25.1. The van der Waals surface area contributed by atoms with Gasteiger partial charge in [-0.1, -0.05) is 75.0 Å². The van der Waals surface area contributed by atoms with Gasteiger partial charge >= 0.3 is 5.97 Å². The fraction of sp³-hybridized carbons (Fsp3) is 0.323. The maximum absolute atomic E-state index is 11.6. The van der Waals surface area contributed by atoms with Crippen molar-refractivity contribution in [2.45, 2.75) is 58.8 Å². The summed E-state index contributed by atoms with van der Waals surface area (Å²) in [6.07, 6.45) is 7.12. The highest BCUT2D eigenvalue weighted by Crippen LogP contribution is 2.43. The van der Waals surface area contributed by atoms with Gasteiger partial charge in [0.2, 0.25) is 0 Å². The molecule has 0 radical (unpaired) electrons. The summed E-state index contributed by atoms with van der Waals surface area (Å²) in [5, 5.41) is 20.8. The smallest absolute Gasteiger partial charge is 0.335 e. The third kappa shape index (κ3) is 5.62. The third-order valence-electron chi connectivity index (χ3n) is 7.12. The maximum Gasteiger partial charge on any atom is 0.335 e. The molecule has 3 aromatic rings. The van der Waals surface area contributed by atoms with Crippen LogP contribution in [0.3, 0.4) is 0 Å². The molecular weight excluding hydrogens is 456 g/mol. The van der Waals surface area contributed by atoms with E-state index in [2.05, 4.69) is 38.1 Å². The first-order chi connectivity index (χ1) is 16.9. The number of phenols is 1. The standard InChI is InChI=1S/C31H33ClO3/c1-3-6-20(4-2)17-21-9-11-22(12-10-21)30-26-15-13-24(31(34)35)18-23(26)7-5-8-28(30)27-16-14-25(32)19-29(27)33/h9-16,18-20,33H,3-8,17H2,1-2H3,(H,34,35). The zero-order chi connectivity index (χ0) is 24.9. The molecule has 0 heterocycles. The van der Waals surface area contributed by atoms with Crippen molar-refractivity contribution in [3.05, 3.63) is 99.1 Å². The highest BCUT2D eigenvalue weighted by Gasteiger charge is 2.23. The average Bonchev–Trinajstić information content (AvgIpc) is 3.03. The number of phenolic OH excluding ortho intramolecular Hbond substituents is 1. The lowest BCUT2D eigenvalue weighted by atomic mass is 9.86. The Morgan fingerprint density at radius 2 is 1.71 bits per heavy atom. The quantitative estimate of drug-likeness (QED) is 0.334. The Balaban J connectivity index is 1.86. The molecule has 182 valence electrons. The fourth-order valence-corrected chi connectivity index (χ4v) is 5.45. The molecule has 0 saturated heterocycles. The van der Waals surface area contributed by atoms with Gasteiger partial charge in [0, 0.05) is 10.6 Å². The lowest BCUT2D eigenvalue weighted by molar-refractivity contribution is 0.0696. The molecule has 1 unspecified atom stereocenters. The summed E-state index contributed by atoms with van der Waals surface area (Å²) in [5.74, 6) is -0.0580. The van der Waals surface area contributed by atoms with Gasteiger partial charge < -0.3 is 10.2 Å². The Kier molecular flexibility index (Phi) is 7.97. The number of carboxylic acid groups (broad SMARTS) is 1. The Labute approximate surface area is 213 Å². The van der Waals surface area contributed by atoms with E-state index in [0.29, 0.717) is 16.5 Å². The van der Waals surface area contributed by atoms with Crippen LogP contribution in [0.2, 0.25) is 5.02 Å². The lowest BCUT2D eigenvalue weighted by Crippen LogP contribution is -2.03. The van der Waals surface area contributed by atoms with Gasteiger partial charge in [-0.25, -0.2) is 4.79 Å². The van der Waals surface area contributed by atoms with Crippen LogP contribution in [-0.4, -0.2) is 16.2 Å². The number of hydrogen-bond acceptors (Lipinski definition) is 2. The number of carbonyl (C=O) groups is 1. The van der Waals surface area contributed by atoms with Crippen LogP contribution in [0.1, 0.15) is 84.1 Å². The predicted molar refractivity (Wildman–Crippen MR) is 144 cm³/mol. The van der Waals surface area contributed by atoms with Crippen molar-refractivity contribution in [1.82, 2.24) is 0 Å². The first-order valence-corrected chi connectivity index (χ1v) is 13.0. The van der Waals surface area contributed by atoms with E-state index in [1.165, 1.54) is 24.8 Å². The Hall–Kier alpha value is -3.04. The minimum absolute atomic E-state index is 0.164. The number of aromatic hydroxyl groups is 1. The van der Waals surface area contributed by atoms with E-state index < -0.39 is 5.97 Å². The van der Waals surface area contributed by atoms with Crippen LogP contribution in [0, 0.1) is 5.92 Å². The second kappa shape index (κ2) is 11.1. The van der Waals surface area contributed by atoms with Crippen molar-refractivity contribution in [3.8, 4) is 5.75 Å². The zero-order valence-electron chi connectivity index (χ0n) is 20.5. The van der Waals surface area contributed by atoms with E-state index in [0.717, 1.165) is 59.1 Å². The predicted octanol–water partition coefficient (Wildman–Crippen LogP) is 8.41. The second-order valence-corrected chi connectivity index (χ2v) is 9.95. The summed E-state index contributed by atoms with van der Waals surface area (Å²) >= 11 is 6.13. The largest absolute Gasteiger partial charge is 0.507 e. The minimum atomic E-state index is -0.917. The van der Waals surface area contributed by atoms with Gasteiger partial charge in [0.25, 0.3) is 0 Å². The molecule has 4 rings (SSSR count). The fourth-order valence-electron chi connectivity index (χ4n) is 5.28. The number of aromatic carboxylic acids is 1. The average molecular weight is 489 g/mol. The van der Waals surface area contributed by atoms with Crippen LogP contribution in [0.4, 0.5) is 0 Å². The monoisotopic (exact) mass is 488 g/mol. The van der Waals surface area contributed by atoms with Gasteiger partial charge in [0.15, 0.2) is 0 Å². The van der Waals surface area contributed by atoms with Gasteiger partial charge in [0.1, 0.15) is 5.75 Å². The van der Waals surface area contributed by atoms with Crippen molar-refractivity contribution >= 4 is 28.7 Å². The van der Waals surface area contributed by atoms with Crippen molar-refractivity contribution < 1.29 is 15.0 Å². The zero-order valence-corrected chi connectivity index (χ0v) is 21.2. The Morgan fingerprint density at radius 1 is 0.971 bits per heavy atom. The van der Waals surface area contributed by atoms with Crippen LogP contribution >= 0.6 is 11.6 Å². The van der Waals surface area contributed by atoms with Gasteiger partial charge in [-0.3, -0.25) is 0 Å². The molecule has 3 aromatic carbocycles. The molecule has 0 bridgehead atoms. The van der Waals surface area contributed by atoms with Crippen LogP contribution in [0.25, 0.3) is 11.1 Å². The second-order valence-electron chi connectivity index (χ2n) is 9.51. The van der Waals surface area contributed by atoms with Crippen molar-refractivity contribution in [2.24, 2.45) is 5.92 Å². The number of aryl methyl sites for hydroxylation is 1. The van der Waals surface area contributed by atoms with Crippen LogP contribution in [0.15, 0.2) is 60.7 Å². The number of benzene rings is 3. The van der Waals surface area contributed by atoms with E-state index in [9.17, 15) is 15.0 Å². The highest BCUT2D eigenvalue weighted by molar-refractivity contribution is 6.30. The normalized spacial score (nSPS) is 14.4. The first-order valence-electron chi connectivity index (χ1n) is 12.6. The molecule has 0 saturated carbocycles. The summed E-state index contributed by atoms with van der Waals surface area (Å²) in [6.45, 7) is 4.50. The molecule has 0 aliphatic heterocycles. The van der Waals surface area contributed by atoms with E-state index in [4.69, 9.17) is 11.6 Å². The van der Waals surface area contributed by atoms with Crippen molar-refractivity contribution in [1.29, 1.82) is 0 Å². The Morgan fingerprint density at radius 3 is 2.37 bits per heavy atom. The SMILES string of the molecule is CCCC(CC)Cc1ccc(C2=C(c3ccc(Cl)cc3O)CCCc3cc(C(=O)O)ccc32)cc1. The number of hydrogen-bond donors (Lipinski definition) is 2. The molecule has 3 nitrogen and oxygen atoms in total. The number of fused-ring (bicyclic) bond motifs is 1. The van der Waals surface area contributed by atoms with Gasteiger partial charge in [0.05, 0.1) is 5.56 Å². The van der Waals surface area contributed by atoms with Gasteiger partial charge in [-0.2, -0.15) is 0 Å². The molecule has 1 atom stereocenters. The third-order valence-corrected chi connectivity index (χ3v) is 7.36. The summed E-state index contributed by atoms with van der Waals surface area (Å²) < 4.78 is 0. The summed E-state index contributed by atoms with van der Waals surface area (Å²) in [4.78, 5) is 11.6. The topological polar surface area (TPSA) is 57.5 Å². The van der Waals surface area contributed by atoms with Crippen molar-refractivity contribution in [2.75, 3.05) is 0 Å². The molecule has 0 amide bonds. The molecule has 0 spiro atoms. The van der Waals surface area contributed by atoms with Gasteiger partial charge in [-0.05, 0) is 95.3 Å². The highest BCUT2D eigenvalue weighted by atomic mass is 35.5. The van der Waals surface area contributed by atoms with E-state index in [-0.39, 0.29) is 5.75 Å². The van der Waals surface area contributed by atoms with Crippen LogP contribution in [0.5, 0.6) is 5.75 Å².